The van der Waals surface area contributed by atoms with Gasteiger partial charge >= 0.3 is 23.9 Å². The molecule has 11 nitrogen and oxygen atoms in total. The van der Waals surface area contributed by atoms with E-state index in [4.69, 9.17) is 18.9 Å². The maximum atomic E-state index is 13.3. The molecule has 0 aromatic heterocycles. The van der Waals surface area contributed by atoms with Crippen LogP contribution in [0.3, 0.4) is 0 Å². The van der Waals surface area contributed by atoms with Gasteiger partial charge in [0.15, 0.2) is 18.4 Å². The second-order valence-electron chi connectivity index (χ2n) is 10.3. The molecule has 4 atom stereocenters. The van der Waals surface area contributed by atoms with Gasteiger partial charge in [0, 0.05) is 26.2 Å². The third-order valence-corrected chi connectivity index (χ3v) is 7.26. The number of benzene rings is 3. The molecule has 2 aliphatic heterocycles. The lowest BCUT2D eigenvalue weighted by atomic mass is 10.1. The van der Waals surface area contributed by atoms with Crippen LogP contribution in [0.25, 0.3) is 0 Å². The van der Waals surface area contributed by atoms with Crippen molar-refractivity contribution in [3.8, 4) is 0 Å². The summed E-state index contributed by atoms with van der Waals surface area (Å²) in [7, 11) is 1.97. The third kappa shape index (κ3) is 7.56. The summed E-state index contributed by atoms with van der Waals surface area (Å²) in [6.45, 7) is 2.05. The predicted octanol–water partition coefficient (Wildman–Crippen LogP) is 2.98. The van der Waals surface area contributed by atoms with E-state index in [9.17, 15) is 19.2 Å². The van der Waals surface area contributed by atoms with Crippen molar-refractivity contribution in [2.24, 2.45) is 0 Å². The lowest BCUT2D eigenvalue weighted by Gasteiger charge is -2.33. The van der Waals surface area contributed by atoms with Gasteiger partial charge in [0.1, 0.15) is 12.7 Å². The third-order valence-electron chi connectivity index (χ3n) is 7.26. The summed E-state index contributed by atoms with van der Waals surface area (Å²) in [6, 6.07) is 24.6. The molecular formula is C32H33N3O8. The Morgan fingerprint density at radius 1 is 0.698 bits per heavy atom. The van der Waals surface area contributed by atoms with Crippen LogP contribution in [0.2, 0.25) is 0 Å². The zero-order valence-corrected chi connectivity index (χ0v) is 23.7. The highest BCUT2D eigenvalue weighted by Crippen LogP contribution is 2.28. The number of carbonyl (C=O) groups excluding carboxylic acids is 4. The molecule has 2 aliphatic rings. The molecule has 2 amide bonds. The Morgan fingerprint density at radius 2 is 1.16 bits per heavy atom. The van der Waals surface area contributed by atoms with Crippen LogP contribution in [-0.4, -0.2) is 98.1 Å². The van der Waals surface area contributed by atoms with E-state index in [2.05, 4.69) is 10.2 Å². The minimum atomic E-state index is -1.25. The number of hydrogen-bond donors (Lipinski definition) is 1. The fourth-order valence-corrected chi connectivity index (χ4v) is 4.82. The Kier molecular flexibility index (Phi) is 9.65. The fraction of sp³-hybridized carbons (Fsp3) is 0.312. The van der Waals surface area contributed by atoms with Crippen molar-refractivity contribution in [2.75, 3.05) is 39.8 Å². The molecule has 0 radical (unpaired) electrons. The maximum Gasteiger partial charge on any atom is 0.338 e. The molecule has 0 unspecified atom stereocenters. The molecular weight excluding hydrogens is 554 g/mol. The minimum absolute atomic E-state index is 0.263. The molecule has 0 spiro atoms. The van der Waals surface area contributed by atoms with E-state index in [1.807, 2.05) is 7.05 Å². The Balaban J connectivity index is 1.40. The zero-order chi connectivity index (χ0) is 30.2. The Bertz CT molecular complexity index is 1400. The van der Waals surface area contributed by atoms with Gasteiger partial charge in [-0.15, -0.1) is 0 Å². The highest BCUT2D eigenvalue weighted by atomic mass is 16.7. The molecule has 2 saturated heterocycles. The van der Waals surface area contributed by atoms with Gasteiger partial charge in [-0.1, -0.05) is 54.6 Å². The van der Waals surface area contributed by atoms with E-state index in [1.165, 1.54) is 0 Å². The van der Waals surface area contributed by atoms with E-state index in [1.54, 1.807) is 95.9 Å². The summed E-state index contributed by atoms with van der Waals surface area (Å²) in [5, 5.41) is 2.80. The molecule has 224 valence electrons. The van der Waals surface area contributed by atoms with Gasteiger partial charge in [-0.05, 0) is 43.4 Å². The molecule has 0 saturated carbocycles. The molecule has 3 aromatic rings. The predicted molar refractivity (Wildman–Crippen MR) is 154 cm³/mol. The molecule has 43 heavy (non-hydrogen) atoms. The second kappa shape index (κ2) is 14.0. The van der Waals surface area contributed by atoms with Crippen molar-refractivity contribution in [2.45, 2.75) is 24.5 Å². The summed E-state index contributed by atoms with van der Waals surface area (Å²) in [6.07, 6.45) is -4.74. The van der Waals surface area contributed by atoms with Gasteiger partial charge in [-0.3, -0.25) is 0 Å². The van der Waals surface area contributed by atoms with Crippen LogP contribution in [0, 0.1) is 0 Å². The highest BCUT2D eigenvalue weighted by Gasteiger charge is 2.51. The zero-order valence-electron chi connectivity index (χ0n) is 23.7. The van der Waals surface area contributed by atoms with Crippen molar-refractivity contribution in [3.05, 3.63) is 108 Å². The molecule has 0 bridgehead atoms. The first-order chi connectivity index (χ1) is 20.9. The number of nitrogens with one attached hydrogen (secondary N) is 1. The summed E-state index contributed by atoms with van der Waals surface area (Å²) in [5.41, 5.74) is 0.852. The average molecular weight is 588 g/mol. The first-order valence-electron chi connectivity index (χ1n) is 14.0. The fourth-order valence-electron chi connectivity index (χ4n) is 4.82. The summed E-state index contributed by atoms with van der Waals surface area (Å²) < 4.78 is 23.4. The standard InChI is InChI=1S/C32H33N3O8/c1-34-17-19-35(20-18-34)32(39)33-28-27(43-31(38)24-15-9-4-10-16-24)26(42-30(37)23-13-7-3-8-14-23)25(41-28)21-40-29(36)22-11-5-2-6-12-22/h2-16,25-28H,17-21H2,1H3,(H,33,39)/t25-,26-,27-,28-/m1/s1. The van der Waals surface area contributed by atoms with E-state index < -0.39 is 48.5 Å². The SMILES string of the molecule is CN1CCN(C(=O)N[C@@H]2O[C@H](COC(=O)c3ccccc3)[C@@H](OC(=O)c3ccccc3)[C@H]2OC(=O)c2ccccc2)CC1. The first kappa shape index (κ1) is 29.7. The molecule has 2 heterocycles. The lowest BCUT2D eigenvalue weighted by Crippen LogP contribution is -2.55. The number of amides is 2. The quantitative estimate of drug-likeness (QED) is 0.313. The largest absolute Gasteiger partial charge is 0.459 e. The first-order valence-corrected chi connectivity index (χ1v) is 14.0. The van der Waals surface area contributed by atoms with Gasteiger partial charge in [0.2, 0.25) is 0 Å². The Labute approximate surface area is 249 Å². The number of esters is 3. The molecule has 0 aliphatic carbocycles. The summed E-state index contributed by atoms with van der Waals surface area (Å²) >= 11 is 0. The second-order valence-corrected chi connectivity index (χ2v) is 10.3. The highest BCUT2D eigenvalue weighted by molar-refractivity contribution is 5.91. The van der Waals surface area contributed by atoms with E-state index >= 15 is 0 Å². The summed E-state index contributed by atoms with van der Waals surface area (Å²) in [4.78, 5) is 56.1. The molecule has 5 rings (SSSR count). The number of hydrogen-bond acceptors (Lipinski definition) is 9. The van der Waals surface area contributed by atoms with Crippen LogP contribution >= 0.6 is 0 Å². The van der Waals surface area contributed by atoms with Gasteiger partial charge < -0.3 is 34.1 Å². The van der Waals surface area contributed by atoms with E-state index in [0.717, 1.165) is 0 Å². The molecule has 2 fully saturated rings. The van der Waals surface area contributed by atoms with Crippen LogP contribution in [0.1, 0.15) is 31.1 Å². The average Bonchev–Trinajstić information content (AvgIpc) is 3.35. The van der Waals surface area contributed by atoms with Crippen LogP contribution < -0.4 is 5.32 Å². The normalized spacial score (nSPS) is 21.9. The maximum absolute atomic E-state index is 13.3. The van der Waals surface area contributed by atoms with E-state index in [0.29, 0.717) is 31.7 Å². The van der Waals surface area contributed by atoms with Crippen LogP contribution in [-0.2, 0) is 18.9 Å². The number of carbonyl (C=O) groups is 4. The van der Waals surface area contributed by atoms with Gasteiger partial charge in [0.25, 0.3) is 0 Å². The lowest BCUT2D eigenvalue weighted by molar-refractivity contribution is -0.0466. The molecule has 11 heteroatoms. The van der Waals surface area contributed by atoms with Gasteiger partial charge in [0.05, 0.1) is 16.7 Å². The topological polar surface area (TPSA) is 124 Å². The monoisotopic (exact) mass is 587 g/mol. The number of rotatable bonds is 8. The van der Waals surface area contributed by atoms with Crippen molar-refractivity contribution >= 4 is 23.9 Å². The van der Waals surface area contributed by atoms with Crippen molar-refractivity contribution < 1.29 is 38.1 Å². The number of piperazine rings is 1. The van der Waals surface area contributed by atoms with Crippen molar-refractivity contribution in [3.63, 3.8) is 0 Å². The van der Waals surface area contributed by atoms with Crippen LogP contribution in [0.15, 0.2) is 91.0 Å². The van der Waals surface area contributed by atoms with Gasteiger partial charge in [-0.25, -0.2) is 19.2 Å². The van der Waals surface area contributed by atoms with Crippen LogP contribution in [0.4, 0.5) is 4.79 Å². The number of nitrogens with zero attached hydrogens (tertiary/aromatic N) is 2. The molecule has 1 N–H and O–H groups in total. The minimum Gasteiger partial charge on any atom is -0.459 e. The van der Waals surface area contributed by atoms with Crippen molar-refractivity contribution in [1.29, 1.82) is 0 Å². The molecule has 3 aromatic carbocycles. The van der Waals surface area contributed by atoms with Crippen molar-refractivity contribution in [1.82, 2.24) is 15.1 Å². The Hall–Kier alpha value is -4.74. The number of urea groups is 1. The number of likely N-dealkylation sites (N-methyl/N-ethyl adjacent to an activating group) is 1. The Morgan fingerprint density at radius 3 is 1.67 bits per heavy atom. The van der Waals surface area contributed by atoms with Gasteiger partial charge in [-0.2, -0.15) is 0 Å². The smallest absolute Gasteiger partial charge is 0.338 e. The van der Waals surface area contributed by atoms with Crippen LogP contribution in [0.5, 0.6) is 0 Å². The number of ether oxygens (including phenoxy) is 4. The van der Waals surface area contributed by atoms with E-state index in [-0.39, 0.29) is 17.7 Å². The summed E-state index contributed by atoms with van der Waals surface area (Å²) in [5.74, 6) is -2.00.